The van der Waals surface area contributed by atoms with E-state index in [4.69, 9.17) is 14.2 Å². The van der Waals surface area contributed by atoms with E-state index in [2.05, 4.69) is 22.6 Å². The molecular formula is C19H30INO5. The first kappa shape index (κ1) is 20.2. The molecule has 0 aromatic carbocycles. The summed E-state index contributed by atoms with van der Waals surface area (Å²) in [6, 6.07) is 0. The zero-order valence-electron chi connectivity index (χ0n) is 16.2. The molecule has 1 atom stereocenters. The molecule has 1 unspecified atom stereocenters. The van der Waals surface area contributed by atoms with Crippen LogP contribution in [0.4, 0.5) is 4.79 Å². The van der Waals surface area contributed by atoms with Crippen LogP contribution in [0.1, 0.15) is 53.4 Å². The number of carbonyl (C=O) groups is 2. The van der Waals surface area contributed by atoms with Crippen LogP contribution in [0.5, 0.6) is 0 Å². The van der Waals surface area contributed by atoms with Gasteiger partial charge in [0.2, 0.25) is 0 Å². The highest BCUT2D eigenvalue weighted by molar-refractivity contribution is 14.1. The first-order chi connectivity index (χ1) is 12.1. The van der Waals surface area contributed by atoms with Gasteiger partial charge in [-0.15, -0.1) is 0 Å². The normalized spacial score (nSPS) is 34.3. The number of likely N-dealkylation sites (tertiary alicyclic amines) is 1. The zero-order chi connectivity index (χ0) is 19.2. The van der Waals surface area contributed by atoms with Gasteiger partial charge in [-0.25, -0.2) is 4.79 Å². The van der Waals surface area contributed by atoms with E-state index >= 15 is 0 Å². The number of ether oxygens (including phenoxy) is 3. The number of alkyl halides is 1. The lowest BCUT2D eigenvalue weighted by molar-refractivity contribution is -0.162. The summed E-state index contributed by atoms with van der Waals surface area (Å²) < 4.78 is 18.2. The molecule has 4 aliphatic rings. The molecule has 1 aliphatic carbocycles. The van der Waals surface area contributed by atoms with E-state index < -0.39 is 11.0 Å². The molecule has 3 aliphatic heterocycles. The molecule has 0 spiro atoms. The molecule has 0 aromatic rings. The molecular weight excluding hydrogens is 449 g/mol. The molecule has 0 aromatic heterocycles. The Hall–Kier alpha value is -0.570. The van der Waals surface area contributed by atoms with Gasteiger partial charge in [-0.3, -0.25) is 4.79 Å². The van der Waals surface area contributed by atoms with Crippen molar-refractivity contribution in [1.82, 2.24) is 4.90 Å². The van der Waals surface area contributed by atoms with Crippen LogP contribution < -0.4 is 0 Å². The second kappa shape index (κ2) is 7.11. The van der Waals surface area contributed by atoms with Crippen molar-refractivity contribution in [2.45, 2.75) is 70.7 Å². The molecule has 4 rings (SSSR count). The van der Waals surface area contributed by atoms with Gasteiger partial charge in [-0.2, -0.15) is 0 Å². The lowest BCUT2D eigenvalue weighted by Gasteiger charge is -2.44. The standard InChI is InChI=1S/C19H30INO5/c1-5-24-15(22)19-10-18(11-19,12-20)25-14(19)13-6-8-21(9-7-13)16(23)26-17(2,3)4/h13-14H,5-12H2,1-4H3. The highest BCUT2D eigenvalue weighted by Crippen LogP contribution is 2.65. The molecule has 3 heterocycles. The van der Waals surface area contributed by atoms with Crippen LogP contribution >= 0.6 is 22.6 Å². The summed E-state index contributed by atoms with van der Waals surface area (Å²) >= 11 is 2.35. The van der Waals surface area contributed by atoms with Crippen LogP contribution in [0.3, 0.4) is 0 Å². The van der Waals surface area contributed by atoms with Gasteiger partial charge in [0, 0.05) is 17.5 Å². The maximum atomic E-state index is 12.7. The number of esters is 1. The van der Waals surface area contributed by atoms with Crippen LogP contribution in [0.15, 0.2) is 0 Å². The number of carbonyl (C=O) groups excluding carboxylic acids is 2. The van der Waals surface area contributed by atoms with Crippen LogP contribution in [-0.4, -0.2) is 58.4 Å². The molecule has 0 N–H and O–H groups in total. The average Bonchev–Trinajstić information content (AvgIpc) is 3.05. The number of nitrogens with zero attached hydrogens (tertiary/aromatic N) is 1. The predicted octanol–water partition coefficient (Wildman–Crippen LogP) is 3.55. The maximum Gasteiger partial charge on any atom is 0.410 e. The molecule has 3 saturated heterocycles. The molecule has 2 bridgehead atoms. The number of amides is 1. The number of rotatable bonds is 4. The van der Waals surface area contributed by atoms with Crippen molar-refractivity contribution in [2.24, 2.45) is 11.3 Å². The van der Waals surface area contributed by atoms with E-state index in [-0.39, 0.29) is 29.7 Å². The van der Waals surface area contributed by atoms with Crippen molar-refractivity contribution >= 4 is 34.7 Å². The number of hydrogen-bond acceptors (Lipinski definition) is 5. The van der Waals surface area contributed by atoms with Gasteiger partial charge in [0.25, 0.3) is 0 Å². The largest absolute Gasteiger partial charge is 0.465 e. The number of hydrogen-bond donors (Lipinski definition) is 0. The molecule has 1 amide bonds. The van der Waals surface area contributed by atoms with Gasteiger partial charge in [0.15, 0.2) is 0 Å². The van der Waals surface area contributed by atoms with E-state index in [1.807, 2.05) is 27.7 Å². The van der Waals surface area contributed by atoms with Crippen molar-refractivity contribution in [2.75, 3.05) is 24.1 Å². The minimum Gasteiger partial charge on any atom is -0.465 e. The van der Waals surface area contributed by atoms with Gasteiger partial charge < -0.3 is 19.1 Å². The Balaban J connectivity index is 1.63. The van der Waals surface area contributed by atoms with Crippen LogP contribution in [0.2, 0.25) is 0 Å². The van der Waals surface area contributed by atoms with Crippen molar-refractivity contribution in [3.63, 3.8) is 0 Å². The highest BCUT2D eigenvalue weighted by Gasteiger charge is 2.72. The SMILES string of the molecule is CCOC(=O)C12CC(CI)(C1)OC2C1CCN(C(=O)OC(C)(C)C)CC1. The third kappa shape index (κ3) is 3.57. The maximum absolute atomic E-state index is 12.7. The summed E-state index contributed by atoms with van der Waals surface area (Å²) in [6.45, 7) is 9.19. The Morgan fingerprint density at radius 2 is 1.85 bits per heavy atom. The smallest absolute Gasteiger partial charge is 0.410 e. The molecule has 26 heavy (non-hydrogen) atoms. The number of halogens is 1. The van der Waals surface area contributed by atoms with E-state index in [1.54, 1.807) is 4.90 Å². The Bertz CT molecular complexity index is 559. The van der Waals surface area contributed by atoms with Gasteiger partial charge in [0.05, 0.1) is 23.7 Å². The van der Waals surface area contributed by atoms with Crippen molar-refractivity contribution in [1.29, 1.82) is 0 Å². The lowest BCUT2D eigenvalue weighted by Crippen LogP contribution is -2.53. The minimum atomic E-state index is -0.482. The quantitative estimate of drug-likeness (QED) is 0.351. The molecule has 7 heteroatoms. The van der Waals surface area contributed by atoms with Gasteiger partial charge in [-0.1, -0.05) is 22.6 Å². The van der Waals surface area contributed by atoms with Gasteiger partial charge in [0.1, 0.15) is 5.60 Å². The van der Waals surface area contributed by atoms with E-state index in [0.29, 0.717) is 19.7 Å². The Morgan fingerprint density at radius 3 is 2.35 bits per heavy atom. The number of piperidine rings is 1. The van der Waals surface area contributed by atoms with Crippen molar-refractivity contribution < 1.29 is 23.8 Å². The second-order valence-corrected chi connectivity index (χ2v) is 9.65. The molecule has 1 saturated carbocycles. The fourth-order valence-electron chi connectivity index (χ4n) is 4.68. The van der Waals surface area contributed by atoms with E-state index in [9.17, 15) is 9.59 Å². The van der Waals surface area contributed by atoms with E-state index in [0.717, 1.165) is 30.1 Å². The molecule has 4 fully saturated rings. The Labute approximate surface area is 169 Å². The summed E-state index contributed by atoms with van der Waals surface area (Å²) in [7, 11) is 0. The summed E-state index contributed by atoms with van der Waals surface area (Å²) in [5.74, 6) is 0.183. The van der Waals surface area contributed by atoms with Crippen molar-refractivity contribution in [3.05, 3.63) is 0 Å². The molecule has 6 nitrogen and oxygen atoms in total. The van der Waals surface area contributed by atoms with Gasteiger partial charge >= 0.3 is 12.1 Å². The zero-order valence-corrected chi connectivity index (χ0v) is 18.3. The fraction of sp³-hybridized carbons (Fsp3) is 0.895. The first-order valence-corrected chi connectivity index (χ1v) is 11.1. The Morgan fingerprint density at radius 1 is 1.23 bits per heavy atom. The number of fused-ring (bicyclic) bond motifs is 1. The topological polar surface area (TPSA) is 65.1 Å². The van der Waals surface area contributed by atoms with E-state index in [1.165, 1.54) is 0 Å². The lowest BCUT2D eigenvalue weighted by atomic mass is 9.58. The van der Waals surface area contributed by atoms with Crippen molar-refractivity contribution in [3.8, 4) is 0 Å². The van der Waals surface area contributed by atoms with Crippen LogP contribution in [0.25, 0.3) is 0 Å². The predicted molar refractivity (Wildman–Crippen MR) is 105 cm³/mol. The molecule has 148 valence electrons. The third-order valence-corrected chi connectivity index (χ3v) is 7.13. The monoisotopic (exact) mass is 479 g/mol. The van der Waals surface area contributed by atoms with Gasteiger partial charge in [-0.05, 0) is 59.3 Å². The summed E-state index contributed by atoms with van der Waals surface area (Å²) in [5, 5.41) is 0. The third-order valence-electron chi connectivity index (χ3n) is 5.74. The van der Waals surface area contributed by atoms with Crippen LogP contribution in [0, 0.1) is 11.3 Å². The summed E-state index contributed by atoms with van der Waals surface area (Å²) in [6.07, 6.45) is 2.89. The minimum absolute atomic E-state index is 0.0860. The molecule has 0 radical (unpaired) electrons. The highest BCUT2D eigenvalue weighted by atomic mass is 127. The fourth-order valence-corrected chi connectivity index (χ4v) is 5.40. The second-order valence-electron chi connectivity index (χ2n) is 8.89. The first-order valence-electron chi connectivity index (χ1n) is 9.54. The summed E-state index contributed by atoms with van der Waals surface area (Å²) in [4.78, 5) is 26.7. The Kier molecular flexibility index (Phi) is 5.52. The summed E-state index contributed by atoms with van der Waals surface area (Å²) in [5.41, 5.74) is -1.11. The van der Waals surface area contributed by atoms with Crippen LogP contribution in [-0.2, 0) is 19.0 Å². The average molecular weight is 479 g/mol.